The predicted octanol–water partition coefficient (Wildman–Crippen LogP) is 3.28. The average molecular weight is 306 g/mol. The molecule has 94 valence electrons. The Morgan fingerprint density at radius 3 is 2.44 bits per heavy atom. The molecule has 0 radical (unpaired) electrons. The van der Waals surface area contributed by atoms with Crippen LogP contribution >= 0.6 is 15.9 Å². The second kappa shape index (κ2) is 5.48. The molecule has 0 saturated heterocycles. The summed E-state index contributed by atoms with van der Waals surface area (Å²) in [5.41, 5.74) is 9.29. The molecule has 0 unspecified atom stereocenters. The van der Waals surface area contributed by atoms with E-state index in [1.165, 1.54) is 11.1 Å². The third-order valence-corrected chi connectivity index (χ3v) is 3.67. The van der Waals surface area contributed by atoms with E-state index in [0.29, 0.717) is 12.2 Å². The molecule has 0 aliphatic rings. The molecule has 1 aromatic carbocycles. The highest BCUT2D eigenvalue weighted by molar-refractivity contribution is 9.10. The van der Waals surface area contributed by atoms with Gasteiger partial charge in [0.05, 0.1) is 10.2 Å². The summed E-state index contributed by atoms with van der Waals surface area (Å²) in [5.74, 6) is 1.29. The summed E-state index contributed by atoms with van der Waals surface area (Å²) in [6, 6.07) is 8.39. The van der Waals surface area contributed by atoms with E-state index >= 15 is 0 Å². The Morgan fingerprint density at radius 2 is 1.83 bits per heavy atom. The van der Waals surface area contributed by atoms with Crippen LogP contribution in [0.1, 0.15) is 29.6 Å². The third-order valence-electron chi connectivity index (χ3n) is 2.81. The van der Waals surface area contributed by atoms with Crippen LogP contribution in [0.4, 0.5) is 5.82 Å². The molecule has 0 spiro atoms. The van der Waals surface area contributed by atoms with Crippen LogP contribution in [-0.4, -0.2) is 9.97 Å². The Balaban J connectivity index is 2.29. The van der Waals surface area contributed by atoms with Crippen molar-refractivity contribution in [2.45, 2.75) is 26.7 Å². The molecular formula is C14H16BrN3. The van der Waals surface area contributed by atoms with Crippen molar-refractivity contribution in [2.75, 3.05) is 5.73 Å². The fraction of sp³-hybridized carbons (Fsp3) is 0.286. The zero-order chi connectivity index (χ0) is 13.1. The fourth-order valence-corrected chi connectivity index (χ4v) is 2.23. The molecule has 18 heavy (non-hydrogen) atoms. The minimum Gasteiger partial charge on any atom is -0.383 e. The van der Waals surface area contributed by atoms with Gasteiger partial charge in [-0.05, 0) is 34.8 Å². The van der Waals surface area contributed by atoms with E-state index in [0.717, 1.165) is 22.4 Å². The first kappa shape index (κ1) is 13.0. The van der Waals surface area contributed by atoms with Crippen LogP contribution in [0.15, 0.2) is 28.7 Å². The second-order valence-corrected chi connectivity index (χ2v) is 5.09. The maximum absolute atomic E-state index is 5.88. The van der Waals surface area contributed by atoms with Crippen molar-refractivity contribution in [2.24, 2.45) is 0 Å². The number of hydrogen-bond acceptors (Lipinski definition) is 3. The van der Waals surface area contributed by atoms with Gasteiger partial charge in [0.2, 0.25) is 0 Å². The number of anilines is 1. The summed E-state index contributed by atoms with van der Waals surface area (Å²) in [4.78, 5) is 8.85. The topological polar surface area (TPSA) is 51.8 Å². The molecule has 3 nitrogen and oxygen atoms in total. The zero-order valence-corrected chi connectivity index (χ0v) is 12.2. The van der Waals surface area contributed by atoms with Gasteiger partial charge in [0, 0.05) is 6.42 Å². The highest BCUT2D eigenvalue weighted by Gasteiger charge is 2.09. The lowest BCUT2D eigenvalue weighted by Crippen LogP contribution is -2.05. The van der Waals surface area contributed by atoms with Gasteiger partial charge in [0.25, 0.3) is 0 Å². The molecule has 0 aliphatic heterocycles. The maximum Gasteiger partial charge on any atom is 0.141 e. The van der Waals surface area contributed by atoms with Crippen LogP contribution in [-0.2, 0) is 12.8 Å². The molecule has 0 bridgehead atoms. The summed E-state index contributed by atoms with van der Waals surface area (Å²) >= 11 is 3.42. The SMILES string of the molecule is CCc1nc(Cc2ccc(C)cc2)nc(N)c1Br. The summed E-state index contributed by atoms with van der Waals surface area (Å²) in [7, 11) is 0. The first-order valence-corrected chi connectivity index (χ1v) is 6.75. The molecule has 2 rings (SSSR count). The third kappa shape index (κ3) is 2.88. The number of nitrogens with two attached hydrogens (primary N) is 1. The Labute approximate surface area is 116 Å². The first-order chi connectivity index (χ1) is 8.60. The molecule has 0 aliphatic carbocycles. The molecule has 0 fully saturated rings. The number of aryl methyl sites for hydroxylation is 2. The number of rotatable bonds is 3. The second-order valence-electron chi connectivity index (χ2n) is 4.30. The standard InChI is InChI=1S/C14H16BrN3/c1-3-11-13(15)14(16)18-12(17-11)8-10-6-4-9(2)5-7-10/h4-7H,3,8H2,1-2H3,(H2,16,17,18). The highest BCUT2D eigenvalue weighted by Crippen LogP contribution is 2.22. The Kier molecular flexibility index (Phi) is 3.97. The lowest BCUT2D eigenvalue weighted by Gasteiger charge is -2.07. The number of hydrogen-bond donors (Lipinski definition) is 1. The number of nitrogens with zero attached hydrogens (tertiary/aromatic N) is 2. The van der Waals surface area contributed by atoms with Crippen LogP contribution in [0.5, 0.6) is 0 Å². The number of halogens is 1. The molecule has 0 amide bonds. The van der Waals surface area contributed by atoms with E-state index < -0.39 is 0 Å². The molecule has 1 heterocycles. The molecule has 4 heteroatoms. The monoisotopic (exact) mass is 305 g/mol. The van der Waals surface area contributed by atoms with E-state index in [1.54, 1.807) is 0 Å². The summed E-state index contributed by atoms with van der Waals surface area (Å²) < 4.78 is 0.817. The number of benzene rings is 1. The maximum atomic E-state index is 5.88. The summed E-state index contributed by atoms with van der Waals surface area (Å²) in [6.45, 7) is 4.13. The van der Waals surface area contributed by atoms with Crippen LogP contribution in [0.3, 0.4) is 0 Å². The van der Waals surface area contributed by atoms with Crippen molar-refractivity contribution in [3.05, 3.63) is 51.4 Å². The van der Waals surface area contributed by atoms with E-state index in [9.17, 15) is 0 Å². The van der Waals surface area contributed by atoms with Gasteiger partial charge in [-0.25, -0.2) is 9.97 Å². The average Bonchev–Trinajstić information content (AvgIpc) is 2.36. The van der Waals surface area contributed by atoms with Crippen molar-refractivity contribution in [1.29, 1.82) is 0 Å². The Bertz CT molecular complexity index is 550. The summed E-state index contributed by atoms with van der Waals surface area (Å²) in [6.07, 6.45) is 1.55. The van der Waals surface area contributed by atoms with Crippen molar-refractivity contribution >= 4 is 21.7 Å². The van der Waals surface area contributed by atoms with Gasteiger partial charge < -0.3 is 5.73 Å². The molecule has 0 saturated carbocycles. The lowest BCUT2D eigenvalue weighted by atomic mass is 10.1. The van der Waals surface area contributed by atoms with E-state index in [4.69, 9.17) is 5.73 Å². The van der Waals surface area contributed by atoms with Crippen molar-refractivity contribution in [3.8, 4) is 0 Å². The van der Waals surface area contributed by atoms with Gasteiger partial charge in [-0.15, -0.1) is 0 Å². The molecular weight excluding hydrogens is 290 g/mol. The molecule has 1 aromatic heterocycles. The van der Waals surface area contributed by atoms with Gasteiger partial charge >= 0.3 is 0 Å². The van der Waals surface area contributed by atoms with E-state index in [2.05, 4.69) is 64.0 Å². The summed E-state index contributed by atoms with van der Waals surface area (Å²) in [5, 5.41) is 0. The van der Waals surface area contributed by atoms with Crippen molar-refractivity contribution in [3.63, 3.8) is 0 Å². The number of aromatic nitrogens is 2. The van der Waals surface area contributed by atoms with Crippen LogP contribution in [0.25, 0.3) is 0 Å². The lowest BCUT2D eigenvalue weighted by molar-refractivity contribution is 0.902. The Hall–Kier alpha value is -1.42. The minimum atomic E-state index is 0.518. The smallest absolute Gasteiger partial charge is 0.141 e. The van der Waals surface area contributed by atoms with Crippen LogP contribution in [0, 0.1) is 6.92 Å². The van der Waals surface area contributed by atoms with Gasteiger partial charge in [-0.2, -0.15) is 0 Å². The largest absolute Gasteiger partial charge is 0.383 e. The minimum absolute atomic E-state index is 0.518. The quantitative estimate of drug-likeness (QED) is 0.946. The van der Waals surface area contributed by atoms with Crippen molar-refractivity contribution < 1.29 is 0 Å². The fourth-order valence-electron chi connectivity index (χ4n) is 1.77. The van der Waals surface area contributed by atoms with E-state index in [1.807, 2.05) is 0 Å². The van der Waals surface area contributed by atoms with Gasteiger partial charge in [0.15, 0.2) is 0 Å². The van der Waals surface area contributed by atoms with Gasteiger partial charge in [-0.1, -0.05) is 36.8 Å². The van der Waals surface area contributed by atoms with Gasteiger partial charge in [-0.3, -0.25) is 0 Å². The predicted molar refractivity (Wildman–Crippen MR) is 77.5 cm³/mol. The van der Waals surface area contributed by atoms with Crippen LogP contribution in [0.2, 0.25) is 0 Å². The molecule has 2 N–H and O–H groups in total. The molecule has 0 atom stereocenters. The highest BCUT2D eigenvalue weighted by atomic mass is 79.9. The van der Waals surface area contributed by atoms with Crippen LogP contribution < -0.4 is 5.73 Å². The first-order valence-electron chi connectivity index (χ1n) is 5.96. The van der Waals surface area contributed by atoms with E-state index in [-0.39, 0.29) is 0 Å². The van der Waals surface area contributed by atoms with Gasteiger partial charge in [0.1, 0.15) is 11.6 Å². The number of nitrogen functional groups attached to an aromatic ring is 1. The molecule has 2 aromatic rings. The Morgan fingerprint density at radius 1 is 1.17 bits per heavy atom. The zero-order valence-electron chi connectivity index (χ0n) is 10.6. The normalized spacial score (nSPS) is 10.6. The van der Waals surface area contributed by atoms with Crippen molar-refractivity contribution in [1.82, 2.24) is 9.97 Å².